The molecule has 2 fully saturated rings. The first-order chi connectivity index (χ1) is 14.5. The summed E-state index contributed by atoms with van der Waals surface area (Å²) in [7, 11) is 1.63. The molecule has 0 aromatic heterocycles. The first kappa shape index (κ1) is 20.9. The Morgan fingerprint density at radius 3 is 2.57 bits per heavy atom. The lowest BCUT2D eigenvalue weighted by Crippen LogP contribution is -2.45. The van der Waals surface area contributed by atoms with Crippen molar-refractivity contribution in [2.24, 2.45) is 5.92 Å². The van der Waals surface area contributed by atoms with Gasteiger partial charge >= 0.3 is 0 Å². The number of morpholine rings is 1. The van der Waals surface area contributed by atoms with Gasteiger partial charge in [-0.15, -0.1) is 0 Å². The van der Waals surface area contributed by atoms with Crippen LogP contribution in [0.3, 0.4) is 0 Å². The van der Waals surface area contributed by atoms with Gasteiger partial charge in [0.25, 0.3) is 0 Å². The molecule has 2 aliphatic heterocycles. The minimum absolute atomic E-state index is 0.0295. The number of benzene rings is 2. The first-order valence-corrected chi connectivity index (χ1v) is 10.9. The second-order valence-corrected chi connectivity index (χ2v) is 8.63. The van der Waals surface area contributed by atoms with Crippen molar-refractivity contribution in [3.63, 3.8) is 0 Å². The van der Waals surface area contributed by atoms with Crippen LogP contribution < -0.4 is 4.74 Å². The minimum atomic E-state index is -0.292. The van der Waals surface area contributed by atoms with Crippen LogP contribution in [0.1, 0.15) is 23.7 Å². The Hall–Kier alpha value is -2.38. The third-order valence-electron chi connectivity index (χ3n) is 5.72. The molecular formula is C23H25BrN2O4. The zero-order chi connectivity index (χ0) is 21.1. The number of carbonyl (C=O) groups excluding carboxylic acids is 2. The smallest absolute Gasteiger partial charge is 0.228 e. The van der Waals surface area contributed by atoms with Crippen molar-refractivity contribution in [3.8, 4) is 5.75 Å². The lowest BCUT2D eigenvalue weighted by atomic mass is 10.0. The van der Waals surface area contributed by atoms with Gasteiger partial charge in [-0.2, -0.15) is 0 Å². The molecule has 0 aliphatic carbocycles. The zero-order valence-electron chi connectivity index (χ0n) is 16.9. The molecular weight excluding hydrogens is 448 g/mol. The van der Waals surface area contributed by atoms with Crippen LogP contribution in [0.25, 0.3) is 0 Å². The van der Waals surface area contributed by atoms with E-state index in [9.17, 15) is 9.59 Å². The number of amides is 2. The van der Waals surface area contributed by atoms with Crippen LogP contribution >= 0.6 is 15.9 Å². The molecule has 0 bridgehead atoms. The fourth-order valence-corrected chi connectivity index (χ4v) is 4.29. The van der Waals surface area contributed by atoms with E-state index in [2.05, 4.69) is 15.9 Å². The van der Waals surface area contributed by atoms with Gasteiger partial charge in [0.2, 0.25) is 11.8 Å². The molecule has 7 heteroatoms. The lowest BCUT2D eigenvalue weighted by molar-refractivity contribution is -0.143. The van der Waals surface area contributed by atoms with E-state index in [0.717, 1.165) is 21.3 Å². The van der Waals surface area contributed by atoms with Crippen molar-refractivity contribution in [2.45, 2.75) is 19.1 Å². The van der Waals surface area contributed by atoms with Crippen LogP contribution in [0.4, 0.5) is 0 Å². The lowest BCUT2D eigenvalue weighted by Gasteiger charge is -2.34. The number of hydrogen-bond acceptors (Lipinski definition) is 4. The molecule has 4 rings (SSSR count). The van der Waals surface area contributed by atoms with Crippen molar-refractivity contribution < 1.29 is 19.1 Å². The van der Waals surface area contributed by atoms with E-state index in [1.54, 1.807) is 12.0 Å². The van der Waals surface area contributed by atoms with Gasteiger partial charge in [0.1, 0.15) is 11.9 Å². The molecule has 0 N–H and O–H groups in total. The normalized spacial score (nSPS) is 21.7. The third kappa shape index (κ3) is 4.68. The number of rotatable bonds is 5. The molecule has 0 saturated carbocycles. The SMILES string of the molecule is COc1ccc(CN2CC(C(=O)N3CCOC(c4ccc(Br)cc4)C3)CC2=O)cc1. The van der Waals surface area contributed by atoms with Crippen LogP contribution in [-0.4, -0.2) is 55.0 Å². The van der Waals surface area contributed by atoms with Crippen LogP contribution in [-0.2, 0) is 20.9 Å². The Morgan fingerprint density at radius 1 is 1.13 bits per heavy atom. The molecule has 0 spiro atoms. The summed E-state index contributed by atoms with van der Waals surface area (Å²) in [6.45, 7) is 2.56. The topological polar surface area (TPSA) is 59.1 Å². The zero-order valence-corrected chi connectivity index (χ0v) is 18.5. The summed E-state index contributed by atoms with van der Waals surface area (Å²) in [6.07, 6.45) is 0.137. The van der Waals surface area contributed by atoms with Crippen molar-refractivity contribution in [2.75, 3.05) is 33.4 Å². The van der Waals surface area contributed by atoms with E-state index in [0.29, 0.717) is 32.8 Å². The number of methoxy groups -OCH3 is 1. The van der Waals surface area contributed by atoms with Crippen LogP contribution in [0.15, 0.2) is 53.0 Å². The number of ether oxygens (including phenoxy) is 2. The monoisotopic (exact) mass is 472 g/mol. The van der Waals surface area contributed by atoms with Gasteiger partial charge in [-0.25, -0.2) is 0 Å². The van der Waals surface area contributed by atoms with Gasteiger partial charge in [-0.1, -0.05) is 40.2 Å². The second kappa shape index (κ2) is 9.18. The Labute approximate surface area is 184 Å². The van der Waals surface area contributed by atoms with Crippen LogP contribution in [0.5, 0.6) is 5.75 Å². The van der Waals surface area contributed by atoms with E-state index >= 15 is 0 Å². The van der Waals surface area contributed by atoms with Crippen molar-refractivity contribution in [3.05, 3.63) is 64.1 Å². The number of likely N-dealkylation sites (tertiary alicyclic amines) is 1. The molecule has 2 saturated heterocycles. The summed E-state index contributed by atoms with van der Waals surface area (Å²) in [4.78, 5) is 29.3. The van der Waals surface area contributed by atoms with Gasteiger partial charge in [-0.3, -0.25) is 9.59 Å². The summed E-state index contributed by atoms with van der Waals surface area (Å²) in [6, 6.07) is 15.6. The van der Waals surface area contributed by atoms with Crippen molar-refractivity contribution >= 4 is 27.7 Å². The van der Waals surface area contributed by atoms with Crippen molar-refractivity contribution in [1.29, 1.82) is 0 Å². The minimum Gasteiger partial charge on any atom is -0.497 e. The average Bonchev–Trinajstić information content (AvgIpc) is 3.14. The molecule has 0 radical (unpaired) electrons. The maximum absolute atomic E-state index is 13.1. The number of nitrogens with zero attached hydrogens (tertiary/aromatic N) is 2. The highest BCUT2D eigenvalue weighted by Crippen LogP contribution is 2.27. The quantitative estimate of drug-likeness (QED) is 0.668. The highest BCUT2D eigenvalue weighted by molar-refractivity contribution is 9.10. The molecule has 2 aromatic carbocycles. The average molecular weight is 473 g/mol. The largest absolute Gasteiger partial charge is 0.497 e. The van der Waals surface area contributed by atoms with Crippen LogP contribution in [0.2, 0.25) is 0 Å². The van der Waals surface area contributed by atoms with Gasteiger partial charge in [0, 0.05) is 30.5 Å². The summed E-state index contributed by atoms with van der Waals surface area (Å²) in [5.74, 6) is 0.569. The third-order valence-corrected chi connectivity index (χ3v) is 6.24. The molecule has 6 nitrogen and oxygen atoms in total. The Bertz CT molecular complexity index is 900. The van der Waals surface area contributed by atoms with Gasteiger partial charge < -0.3 is 19.3 Å². The molecule has 2 aliphatic rings. The highest BCUT2D eigenvalue weighted by atomic mass is 79.9. The van der Waals surface area contributed by atoms with E-state index in [1.165, 1.54) is 0 Å². The van der Waals surface area contributed by atoms with Crippen molar-refractivity contribution in [1.82, 2.24) is 9.80 Å². The van der Waals surface area contributed by atoms with E-state index in [1.807, 2.05) is 53.4 Å². The summed E-state index contributed by atoms with van der Waals surface area (Å²) >= 11 is 3.44. The highest BCUT2D eigenvalue weighted by Gasteiger charge is 2.38. The van der Waals surface area contributed by atoms with E-state index in [4.69, 9.17) is 9.47 Å². The first-order valence-electron chi connectivity index (χ1n) is 10.1. The Morgan fingerprint density at radius 2 is 1.87 bits per heavy atom. The fourth-order valence-electron chi connectivity index (χ4n) is 4.03. The van der Waals surface area contributed by atoms with E-state index in [-0.39, 0.29) is 30.3 Å². The number of halogens is 1. The predicted molar refractivity (Wildman–Crippen MR) is 116 cm³/mol. The Balaban J connectivity index is 1.37. The standard InChI is InChI=1S/C23H25BrN2O4/c1-29-20-8-2-16(3-9-20)13-26-14-18(12-22(26)27)23(28)25-10-11-30-21(15-25)17-4-6-19(24)7-5-17/h2-9,18,21H,10-15H2,1H3. The Kier molecular flexibility index (Phi) is 6.39. The van der Waals surface area contributed by atoms with Gasteiger partial charge in [0.05, 0.1) is 26.2 Å². The predicted octanol–water partition coefficient (Wildman–Crippen LogP) is 3.41. The number of hydrogen-bond donors (Lipinski definition) is 0. The summed E-state index contributed by atoms with van der Waals surface area (Å²) < 4.78 is 12.1. The molecule has 2 heterocycles. The maximum atomic E-state index is 13.1. The van der Waals surface area contributed by atoms with Gasteiger partial charge in [-0.05, 0) is 35.4 Å². The maximum Gasteiger partial charge on any atom is 0.228 e. The number of carbonyl (C=O) groups is 2. The second-order valence-electron chi connectivity index (χ2n) is 7.72. The molecule has 30 heavy (non-hydrogen) atoms. The molecule has 158 valence electrons. The van der Waals surface area contributed by atoms with E-state index < -0.39 is 0 Å². The van der Waals surface area contributed by atoms with Crippen LogP contribution in [0, 0.1) is 5.92 Å². The molecule has 2 atom stereocenters. The summed E-state index contributed by atoms with van der Waals surface area (Å²) in [5, 5.41) is 0. The summed E-state index contributed by atoms with van der Waals surface area (Å²) in [5.41, 5.74) is 2.08. The molecule has 2 unspecified atom stereocenters. The fraction of sp³-hybridized carbons (Fsp3) is 0.391. The van der Waals surface area contributed by atoms with Gasteiger partial charge in [0.15, 0.2) is 0 Å². The molecule has 2 aromatic rings. The molecule has 2 amide bonds.